The summed E-state index contributed by atoms with van der Waals surface area (Å²) in [5.41, 5.74) is 0. The quantitative estimate of drug-likeness (QED) is 0.641. The summed E-state index contributed by atoms with van der Waals surface area (Å²) in [7, 11) is 0. The van der Waals surface area contributed by atoms with Crippen LogP contribution in [0.4, 0.5) is 0 Å². The molecule has 0 aliphatic heterocycles. The first kappa shape index (κ1) is 13.5. The molecule has 1 fully saturated rings. The molecule has 1 saturated carbocycles. The molecule has 0 bridgehead atoms. The van der Waals surface area contributed by atoms with Crippen molar-refractivity contribution in [3.05, 3.63) is 0 Å². The minimum Gasteiger partial charge on any atom is -0.465 e. The largest absolute Gasteiger partial charge is 0.465 e. The minimum absolute atomic E-state index is 0.165. The van der Waals surface area contributed by atoms with E-state index in [0.717, 1.165) is 6.54 Å². The van der Waals surface area contributed by atoms with E-state index >= 15 is 0 Å². The first-order valence-corrected chi connectivity index (χ1v) is 6.29. The number of hydrogen-bond acceptors (Lipinski definition) is 4. The Kier molecular flexibility index (Phi) is 6.42. The maximum Gasteiger partial charge on any atom is 0.323 e. The van der Waals surface area contributed by atoms with Crippen molar-refractivity contribution >= 4 is 5.97 Å². The van der Waals surface area contributed by atoms with E-state index in [4.69, 9.17) is 9.47 Å². The Bertz CT molecular complexity index is 204. The van der Waals surface area contributed by atoms with Gasteiger partial charge in [-0.1, -0.05) is 6.92 Å². The highest BCUT2D eigenvalue weighted by molar-refractivity contribution is 5.75. The summed E-state index contributed by atoms with van der Waals surface area (Å²) in [6, 6.07) is -0.218. The molecule has 0 aromatic heterocycles. The zero-order valence-corrected chi connectivity index (χ0v) is 10.3. The van der Waals surface area contributed by atoms with Crippen molar-refractivity contribution in [3.63, 3.8) is 0 Å². The fourth-order valence-corrected chi connectivity index (χ4v) is 1.68. The normalized spacial score (nSPS) is 17.9. The third-order valence-electron chi connectivity index (χ3n) is 2.83. The van der Waals surface area contributed by atoms with Gasteiger partial charge in [0.2, 0.25) is 0 Å². The summed E-state index contributed by atoms with van der Waals surface area (Å²) in [5.74, 6) is -0.165. The van der Waals surface area contributed by atoms with Gasteiger partial charge in [-0.2, -0.15) is 0 Å². The lowest BCUT2D eigenvalue weighted by molar-refractivity contribution is -0.146. The van der Waals surface area contributed by atoms with E-state index < -0.39 is 0 Å². The average molecular weight is 229 g/mol. The highest BCUT2D eigenvalue weighted by Crippen LogP contribution is 2.21. The van der Waals surface area contributed by atoms with Crippen LogP contribution in [0, 0.1) is 0 Å². The maximum atomic E-state index is 11.6. The Hall–Kier alpha value is -0.610. The van der Waals surface area contributed by atoms with Crippen LogP contribution in [0.5, 0.6) is 0 Å². The van der Waals surface area contributed by atoms with Crippen molar-refractivity contribution in [2.45, 2.75) is 51.7 Å². The molecule has 4 nitrogen and oxygen atoms in total. The second-order valence-electron chi connectivity index (χ2n) is 4.07. The van der Waals surface area contributed by atoms with Crippen LogP contribution in [0.2, 0.25) is 0 Å². The van der Waals surface area contributed by atoms with Crippen LogP contribution in [-0.2, 0) is 14.3 Å². The zero-order chi connectivity index (χ0) is 11.8. The zero-order valence-electron chi connectivity index (χ0n) is 10.3. The van der Waals surface area contributed by atoms with Crippen LogP contribution in [-0.4, -0.2) is 37.9 Å². The van der Waals surface area contributed by atoms with Gasteiger partial charge in [-0.3, -0.25) is 4.79 Å². The number of hydrogen-bond donors (Lipinski definition) is 1. The average Bonchev–Trinajstić information content (AvgIpc) is 2.20. The lowest BCUT2D eigenvalue weighted by atomic mass is 9.96. The van der Waals surface area contributed by atoms with Gasteiger partial charge in [0.15, 0.2) is 0 Å². The Morgan fingerprint density at radius 2 is 2.19 bits per heavy atom. The van der Waals surface area contributed by atoms with Gasteiger partial charge >= 0.3 is 5.97 Å². The smallest absolute Gasteiger partial charge is 0.323 e. The molecule has 1 N–H and O–H groups in total. The van der Waals surface area contributed by atoms with E-state index in [1.54, 1.807) is 0 Å². The van der Waals surface area contributed by atoms with Crippen LogP contribution >= 0.6 is 0 Å². The molecule has 94 valence electrons. The third kappa shape index (κ3) is 4.49. The SMILES string of the molecule is CCNC(CCOC1CCC1)C(=O)OCC. The van der Waals surface area contributed by atoms with Gasteiger partial charge < -0.3 is 14.8 Å². The van der Waals surface area contributed by atoms with Crippen LogP contribution in [0.15, 0.2) is 0 Å². The van der Waals surface area contributed by atoms with E-state index in [-0.39, 0.29) is 12.0 Å². The summed E-state index contributed by atoms with van der Waals surface area (Å²) >= 11 is 0. The monoisotopic (exact) mass is 229 g/mol. The van der Waals surface area contributed by atoms with Crippen molar-refractivity contribution in [1.29, 1.82) is 0 Å². The maximum absolute atomic E-state index is 11.6. The van der Waals surface area contributed by atoms with Crippen molar-refractivity contribution in [3.8, 4) is 0 Å². The van der Waals surface area contributed by atoms with Crippen molar-refractivity contribution in [2.75, 3.05) is 19.8 Å². The second-order valence-corrected chi connectivity index (χ2v) is 4.07. The lowest BCUT2D eigenvalue weighted by Gasteiger charge is -2.26. The number of nitrogens with one attached hydrogen (secondary N) is 1. The number of rotatable bonds is 8. The molecule has 1 aliphatic rings. The first-order chi connectivity index (χ1) is 7.77. The lowest BCUT2D eigenvalue weighted by Crippen LogP contribution is -2.39. The van der Waals surface area contributed by atoms with Crippen molar-refractivity contribution in [1.82, 2.24) is 5.32 Å². The van der Waals surface area contributed by atoms with Gasteiger partial charge in [-0.15, -0.1) is 0 Å². The minimum atomic E-state index is -0.218. The van der Waals surface area contributed by atoms with E-state index in [9.17, 15) is 4.79 Å². The van der Waals surface area contributed by atoms with Gasteiger partial charge in [0.25, 0.3) is 0 Å². The summed E-state index contributed by atoms with van der Waals surface area (Å²) in [6.45, 7) is 5.66. The standard InChI is InChI=1S/C12H23NO3/c1-3-13-11(12(14)15-4-2)8-9-16-10-6-5-7-10/h10-11,13H,3-9H2,1-2H3. The molecule has 1 atom stereocenters. The molecular weight excluding hydrogens is 206 g/mol. The molecule has 0 heterocycles. The number of carbonyl (C=O) groups is 1. The predicted molar refractivity (Wildman–Crippen MR) is 62.3 cm³/mol. The van der Waals surface area contributed by atoms with Crippen LogP contribution < -0.4 is 5.32 Å². The van der Waals surface area contributed by atoms with E-state index in [1.165, 1.54) is 19.3 Å². The molecule has 0 amide bonds. The molecule has 0 saturated heterocycles. The Morgan fingerprint density at radius 3 is 2.69 bits per heavy atom. The van der Waals surface area contributed by atoms with E-state index in [0.29, 0.717) is 25.7 Å². The second kappa shape index (κ2) is 7.63. The summed E-state index contributed by atoms with van der Waals surface area (Å²) in [6.07, 6.45) is 4.75. The highest BCUT2D eigenvalue weighted by Gasteiger charge is 2.21. The van der Waals surface area contributed by atoms with Crippen LogP contribution in [0.1, 0.15) is 39.5 Å². The van der Waals surface area contributed by atoms with Gasteiger partial charge in [-0.05, 0) is 39.2 Å². The molecule has 1 rings (SSSR count). The van der Waals surface area contributed by atoms with E-state index in [2.05, 4.69) is 5.32 Å². The first-order valence-electron chi connectivity index (χ1n) is 6.29. The fraction of sp³-hybridized carbons (Fsp3) is 0.917. The number of likely N-dealkylation sites (N-methyl/N-ethyl adjacent to an activating group) is 1. The number of ether oxygens (including phenoxy) is 2. The fourth-order valence-electron chi connectivity index (χ4n) is 1.68. The molecule has 0 aromatic carbocycles. The van der Waals surface area contributed by atoms with Crippen LogP contribution in [0.25, 0.3) is 0 Å². The Balaban J connectivity index is 2.17. The molecule has 0 spiro atoms. The Morgan fingerprint density at radius 1 is 1.44 bits per heavy atom. The third-order valence-corrected chi connectivity index (χ3v) is 2.83. The molecular formula is C12H23NO3. The number of esters is 1. The molecule has 0 aromatic rings. The van der Waals surface area contributed by atoms with Gasteiger partial charge in [-0.25, -0.2) is 0 Å². The van der Waals surface area contributed by atoms with Gasteiger partial charge in [0.1, 0.15) is 6.04 Å². The molecule has 1 aliphatic carbocycles. The van der Waals surface area contributed by atoms with Crippen molar-refractivity contribution in [2.24, 2.45) is 0 Å². The number of carbonyl (C=O) groups excluding carboxylic acids is 1. The highest BCUT2D eigenvalue weighted by atomic mass is 16.5. The topological polar surface area (TPSA) is 47.6 Å². The van der Waals surface area contributed by atoms with Crippen LogP contribution in [0.3, 0.4) is 0 Å². The molecule has 4 heteroatoms. The van der Waals surface area contributed by atoms with E-state index in [1.807, 2.05) is 13.8 Å². The molecule has 16 heavy (non-hydrogen) atoms. The van der Waals surface area contributed by atoms with Gasteiger partial charge in [0.05, 0.1) is 12.7 Å². The Labute approximate surface area is 97.7 Å². The van der Waals surface area contributed by atoms with Crippen molar-refractivity contribution < 1.29 is 14.3 Å². The molecule has 0 radical (unpaired) electrons. The predicted octanol–water partition coefficient (Wildman–Crippen LogP) is 1.49. The summed E-state index contributed by atoms with van der Waals surface area (Å²) in [4.78, 5) is 11.6. The van der Waals surface area contributed by atoms with Gasteiger partial charge in [0, 0.05) is 6.61 Å². The summed E-state index contributed by atoms with van der Waals surface area (Å²) in [5, 5.41) is 3.12. The summed E-state index contributed by atoms with van der Waals surface area (Å²) < 4.78 is 10.6. The molecule has 1 unspecified atom stereocenters.